The van der Waals surface area contributed by atoms with Crippen LogP contribution in [-0.4, -0.2) is 34.8 Å². The molecule has 0 saturated heterocycles. The van der Waals surface area contributed by atoms with Gasteiger partial charge in [-0.3, -0.25) is 4.79 Å². The van der Waals surface area contributed by atoms with Gasteiger partial charge in [0.1, 0.15) is 37.5 Å². The van der Waals surface area contributed by atoms with Gasteiger partial charge in [-0.05, 0) is 43.9 Å². The summed E-state index contributed by atoms with van der Waals surface area (Å²) in [6, 6.07) is 2.35. The molecule has 0 bridgehead atoms. The summed E-state index contributed by atoms with van der Waals surface area (Å²) in [7, 11) is 0. The number of rotatable bonds is 9. The summed E-state index contributed by atoms with van der Waals surface area (Å²) in [6.45, 7) is 1.09. The fraction of sp³-hybridized carbons (Fsp3) is 0.458. The molecule has 2 N–H and O–H groups in total. The van der Waals surface area contributed by atoms with E-state index in [1.165, 1.54) is 31.6 Å². The van der Waals surface area contributed by atoms with E-state index in [-0.39, 0.29) is 40.4 Å². The number of carbonyl (C=O) groups is 1. The number of aromatic nitrogens is 2. The zero-order valence-electron chi connectivity index (χ0n) is 19.6. The molecule has 36 heavy (non-hydrogen) atoms. The van der Waals surface area contributed by atoms with Gasteiger partial charge in [-0.25, -0.2) is 18.7 Å². The van der Waals surface area contributed by atoms with Gasteiger partial charge in [0.15, 0.2) is 0 Å². The highest BCUT2D eigenvalue weighted by molar-refractivity contribution is 5.80. The van der Waals surface area contributed by atoms with Crippen molar-refractivity contribution in [3.63, 3.8) is 0 Å². The average molecular weight is 512 g/mol. The lowest BCUT2D eigenvalue weighted by Crippen LogP contribution is -2.39. The zero-order valence-corrected chi connectivity index (χ0v) is 19.6. The summed E-state index contributed by atoms with van der Waals surface area (Å²) in [5, 5.41) is 5.53. The molecular weight excluding hydrogens is 487 g/mol. The lowest BCUT2D eigenvalue weighted by Gasteiger charge is -2.25. The maximum Gasteiger partial charge on any atom is 0.416 e. The maximum absolute atomic E-state index is 14.2. The largest absolute Gasteiger partial charge is 0.455 e. The highest BCUT2D eigenvalue weighted by Crippen LogP contribution is 2.38. The van der Waals surface area contributed by atoms with Gasteiger partial charge in [0, 0.05) is 0 Å². The lowest BCUT2D eigenvalue weighted by atomic mass is 9.96. The maximum atomic E-state index is 14.2. The second-order valence-electron chi connectivity index (χ2n) is 8.86. The molecule has 1 atom stereocenters. The Morgan fingerprint density at radius 1 is 1.17 bits per heavy atom. The van der Waals surface area contributed by atoms with Crippen LogP contribution in [0.5, 0.6) is 0 Å². The summed E-state index contributed by atoms with van der Waals surface area (Å²) in [5.74, 6) is -0.206. The Bertz CT molecular complexity index is 1160. The van der Waals surface area contributed by atoms with Gasteiger partial charge in [0.25, 0.3) is 6.29 Å². The van der Waals surface area contributed by atoms with Crippen LogP contribution < -0.4 is 10.6 Å². The van der Waals surface area contributed by atoms with Crippen molar-refractivity contribution in [3.8, 4) is 0 Å². The summed E-state index contributed by atoms with van der Waals surface area (Å²) in [4.78, 5) is 21.3. The van der Waals surface area contributed by atoms with Gasteiger partial charge in [0.05, 0.1) is 34.8 Å². The molecule has 1 aromatic carbocycles. The first-order valence-corrected chi connectivity index (χ1v) is 11.3. The zero-order chi connectivity index (χ0) is 26.1. The summed E-state index contributed by atoms with van der Waals surface area (Å²) in [6.07, 6.45) is -2.34. The van der Waals surface area contributed by atoms with Crippen LogP contribution in [0.15, 0.2) is 30.7 Å². The number of aryl methyl sites for hydroxylation is 1. The Morgan fingerprint density at radius 3 is 2.44 bits per heavy atom. The third kappa shape index (κ3) is 5.36. The molecule has 12 heteroatoms. The highest BCUT2D eigenvalue weighted by Gasteiger charge is 2.44. The van der Waals surface area contributed by atoms with E-state index in [9.17, 15) is 26.7 Å². The van der Waals surface area contributed by atoms with E-state index in [2.05, 4.69) is 20.6 Å². The summed E-state index contributed by atoms with van der Waals surface area (Å²) in [5.41, 5.74) is -1.37. The van der Waals surface area contributed by atoms with Gasteiger partial charge in [-0.15, -0.1) is 0 Å². The van der Waals surface area contributed by atoms with Crippen LogP contribution in [0.4, 0.5) is 27.8 Å². The van der Waals surface area contributed by atoms with Crippen molar-refractivity contribution in [1.82, 2.24) is 15.3 Å². The van der Waals surface area contributed by atoms with E-state index in [0.29, 0.717) is 12.8 Å². The van der Waals surface area contributed by atoms with Crippen LogP contribution in [0.3, 0.4) is 0 Å². The van der Waals surface area contributed by atoms with Crippen LogP contribution in [0.2, 0.25) is 0 Å². The number of hydrogen-bond donors (Lipinski definition) is 2. The van der Waals surface area contributed by atoms with Crippen molar-refractivity contribution in [1.29, 1.82) is 0 Å². The molecule has 1 aliphatic carbocycles. The SMILES string of the molecule is Cc1nc(CC(=O)NC2(CF)CC2)c(C2OC=CO2)c(N[C@H](CF)c2cccc(C(F)(F)F)c2C)n1. The number of carbonyl (C=O) groups excluding carboxylic acids is 1. The monoisotopic (exact) mass is 512 g/mol. The van der Waals surface area contributed by atoms with Crippen LogP contribution in [0.1, 0.15) is 58.9 Å². The molecule has 4 rings (SSSR count). The first-order valence-electron chi connectivity index (χ1n) is 11.3. The van der Waals surface area contributed by atoms with Crippen molar-refractivity contribution in [2.75, 3.05) is 18.7 Å². The first kappa shape index (κ1) is 25.6. The standard InChI is InChI=1S/C24H25F5N4O3/c1-13-15(4-3-5-16(13)24(27,28)29)18(11-25)32-21-20(22-35-8-9-36-22)17(30-14(2)31-21)10-19(34)33-23(12-26)6-7-23/h3-5,8-9,18,22H,6-7,10-12H2,1-2H3,(H,33,34)(H,30,31,32)/t18-/m1/s1. The Kier molecular flexibility index (Phi) is 7.05. The fourth-order valence-corrected chi connectivity index (χ4v) is 4.14. The Morgan fingerprint density at radius 2 is 1.86 bits per heavy atom. The smallest absolute Gasteiger partial charge is 0.416 e. The third-order valence-corrected chi connectivity index (χ3v) is 6.20. The van der Waals surface area contributed by atoms with Crippen LogP contribution in [0.25, 0.3) is 0 Å². The summed E-state index contributed by atoms with van der Waals surface area (Å²) >= 11 is 0. The first-order chi connectivity index (χ1) is 17.1. The van der Waals surface area contributed by atoms with Gasteiger partial charge in [-0.1, -0.05) is 12.1 Å². The van der Waals surface area contributed by atoms with E-state index in [1.807, 2.05) is 0 Å². The molecule has 2 heterocycles. The molecule has 1 saturated carbocycles. The quantitative estimate of drug-likeness (QED) is 0.465. The number of benzene rings is 1. The second-order valence-corrected chi connectivity index (χ2v) is 8.86. The number of nitrogens with one attached hydrogen (secondary N) is 2. The Balaban J connectivity index is 1.69. The number of alkyl halides is 5. The van der Waals surface area contributed by atoms with Crippen molar-refractivity contribution >= 4 is 11.7 Å². The number of ether oxygens (including phenoxy) is 2. The normalized spacial score (nSPS) is 17.3. The van der Waals surface area contributed by atoms with E-state index < -0.39 is 48.9 Å². The van der Waals surface area contributed by atoms with Crippen molar-refractivity contribution < 1.29 is 36.2 Å². The minimum atomic E-state index is -4.60. The Hall–Kier alpha value is -3.44. The van der Waals surface area contributed by atoms with Crippen LogP contribution >= 0.6 is 0 Å². The molecule has 0 unspecified atom stereocenters. The van der Waals surface area contributed by atoms with E-state index >= 15 is 0 Å². The van der Waals surface area contributed by atoms with Crippen LogP contribution in [-0.2, 0) is 26.9 Å². The molecule has 0 radical (unpaired) electrons. The molecule has 1 aliphatic heterocycles. The fourth-order valence-electron chi connectivity index (χ4n) is 4.14. The minimum Gasteiger partial charge on any atom is -0.455 e. The lowest BCUT2D eigenvalue weighted by molar-refractivity contribution is -0.138. The van der Waals surface area contributed by atoms with Crippen molar-refractivity contribution in [3.05, 3.63) is 64.5 Å². The molecule has 2 aromatic rings. The molecule has 2 aliphatic rings. The number of amides is 1. The summed E-state index contributed by atoms with van der Waals surface area (Å²) < 4.78 is 78.6. The second kappa shape index (κ2) is 9.90. The number of anilines is 1. The molecular formula is C24H25F5N4O3. The molecule has 1 aromatic heterocycles. The Labute approximate surface area is 204 Å². The minimum absolute atomic E-state index is 0.0464. The van der Waals surface area contributed by atoms with Gasteiger partial charge < -0.3 is 20.1 Å². The molecule has 1 fully saturated rings. The van der Waals surface area contributed by atoms with Gasteiger partial charge >= 0.3 is 6.18 Å². The van der Waals surface area contributed by atoms with E-state index in [0.717, 1.165) is 6.07 Å². The number of hydrogen-bond acceptors (Lipinski definition) is 6. The number of nitrogens with zero attached hydrogens (tertiary/aromatic N) is 2. The highest BCUT2D eigenvalue weighted by atomic mass is 19.4. The molecule has 7 nitrogen and oxygen atoms in total. The van der Waals surface area contributed by atoms with Crippen molar-refractivity contribution in [2.24, 2.45) is 0 Å². The van der Waals surface area contributed by atoms with E-state index in [1.54, 1.807) is 6.92 Å². The van der Waals surface area contributed by atoms with Gasteiger partial charge in [-0.2, -0.15) is 13.2 Å². The predicted octanol–water partition coefficient (Wildman–Crippen LogP) is 4.91. The van der Waals surface area contributed by atoms with Gasteiger partial charge in [0.2, 0.25) is 5.91 Å². The van der Waals surface area contributed by atoms with E-state index in [4.69, 9.17) is 9.47 Å². The van der Waals surface area contributed by atoms with Crippen LogP contribution in [0, 0.1) is 13.8 Å². The number of halogens is 5. The predicted molar refractivity (Wildman–Crippen MR) is 119 cm³/mol. The average Bonchev–Trinajstić information content (AvgIpc) is 3.37. The molecule has 1 amide bonds. The third-order valence-electron chi connectivity index (χ3n) is 6.20. The molecule has 194 valence electrons. The molecule has 0 spiro atoms. The van der Waals surface area contributed by atoms with Crippen molar-refractivity contribution in [2.45, 2.75) is 57.2 Å². The topological polar surface area (TPSA) is 85.4 Å².